The Kier molecular flexibility index (Phi) is 5.33. The first-order valence-electron chi connectivity index (χ1n) is 5.47. The fourth-order valence-corrected chi connectivity index (χ4v) is 2.36. The van der Waals surface area contributed by atoms with Crippen LogP contribution >= 0.6 is 11.8 Å². The Morgan fingerprint density at radius 1 is 1.53 bits per heavy atom. The molecule has 0 aliphatic carbocycles. The second-order valence-corrected chi connectivity index (χ2v) is 4.86. The minimum atomic E-state index is -4.30. The smallest absolute Gasteiger partial charge is 0.309 e. The molecule has 1 aliphatic heterocycles. The summed E-state index contributed by atoms with van der Waals surface area (Å²) in [6.07, 6.45) is 0.261. The summed E-state index contributed by atoms with van der Waals surface area (Å²) in [5, 5.41) is 2.99. The van der Waals surface area contributed by atoms with E-state index in [1.54, 1.807) is 13.0 Å². The predicted octanol–water partition coefficient (Wildman–Crippen LogP) is 3.66. The normalized spacial score (nSPS) is 18.5. The van der Waals surface area contributed by atoms with Crippen LogP contribution < -0.4 is 5.32 Å². The van der Waals surface area contributed by atoms with Gasteiger partial charge >= 0.3 is 6.18 Å². The van der Waals surface area contributed by atoms with E-state index < -0.39 is 11.7 Å². The van der Waals surface area contributed by atoms with Crippen molar-refractivity contribution in [2.45, 2.75) is 20.0 Å². The molecular formula is C12H16F3NS. The SMILES string of the molecule is C/C=C(SCC)\C(=C/C1=CCNC1)C(F)(F)F. The number of nitrogens with one attached hydrogen (secondary N) is 1. The van der Waals surface area contributed by atoms with Crippen molar-refractivity contribution in [3.63, 3.8) is 0 Å². The fraction of sp³-hybridized carbons (Fsp3) is 0.500. The van der Waals surface area contributed by atoms with Gasteiger partial charge in [0.05, 0.1) is 5.57 Å². The maximum atomic E-state index is 13.0. The van der Waals surface area contributed by atoms with Gasteiger partial charge in [0.1, 0.15) is 0 Å². The number of rotatable bonds is 4. The average Bonchev–Trinajstić information content (AvgIpc) is 2.74. The molecule has 0 spiro atoms. The zero-order valence-electron chi connectivity index (χ0n) is 9.90. The van der Waals surface area contributed by atoms with E-state index in [0.29, 0.717) is 29.3 Å². The molecule has 0 aromatic rings. The van der Waals surface area contributed by atoms with Crippen LogP contribution in [0.1, 0.15) is 13.8 Å². The highest BCUT2D eigenvalue weighted by Gasteiger charge is 2.35. The zero-order chi connectivity index (χ0) is 12.9. The summed E-state index contributed by atoms with van der Waals surface area (Å²) in [4.78, 5) is 0.299. The lowest BCUT2D eigenvalue weighted by molar-refractivity contribution is -0.0886. The van der Waals surface area contributed by atoms with Gasteiger partial charge in [-0.25, -0.2) is 0 Å². The third kappa shape index (κ3) is 4.24. The van der Waals surface area contributed by atoms with E-state index in [1.165, 1.54) is 23.9 Å². The Balaban J connectivity index is 3.03. The number of allylic oxidation sites excluding steroid dienone is 2. The number of alkyl halides is 3. The van der Waals surface area contributed by atoms with Crippen LogP contribution in [-0.2, 0) is 0 Å². The Labute approximate surface area is 104 Å². The monoisotopic (exact) mass is 263 g/mol. The van der Waals surface area contributed by atoms with E-state index in [-0.39, 0.29) is 0 Å². The number of hydrogen-bond acceptors (Lipinski definition) is 2. The van der Waals surface area contributed by atoms with Gasteiger partial charge in [-0.1, -0.05) is 19.1 Å². The Morgan fingerprint density at radius 2 is 2.24 bits per heavy atom. The first-order valence-corrected chi connectivity index (χ1v) is 6.45. The van der Waals surface area contributed by atoms with Crippen molar-refractivity contribution in [1.29, 1.82) is 0 Å². The summed E-state index contributed by atoms with van der Waals surface area (Å²) < 4.78 is 38.9. The van der Waals surface area contributed by atoms with Crippen molar-refractivity contribution < 1.29 is 13.2 Å². The van der Waals surface area contributed by atoms with Crippen LogP contribution in [0.2, 0.25) is 0 Å². The third-order valence-corrected chi connectivity index (χ3v) is 3.36. The first kappa shape index (κ1) is 14.4. The van der Waals surface area contributed by atoms with Crippen LogP contribution in [-0.4, -0.2) is 25.0 Å². The van der Waals surface area contributed by atoms with Crippen molar-refractivity contribution in [2.75, 3.05) is 18.8 Å². The quantitative estimate of drug-likeness (QED) is 0.777. The summed E-state index contributed by atoms with van der Waals surface area (Å²) in [6.45, 7) is 4.63. The molecule has 1 aliphatic rings. The summed E-state index contributed by atoms with van der Waals surface area (Å²) in [7, 11) is 0. The molecule has 0 fully saturated rings. The minimum absolute atomic E-state index is 0.299. The molecule has 0 unspecified atom stereocenters. The molecule has 0 atom stereocenters. The number of thioether (sulfide) groups is 1. The Morgan fingerprint density at radius 3 is 2.65 bits per heavy atom. The molecule has 0 saturated heterocycles. The van der Waals surface area contributed by atoms with Crippen molar-refractivity contribution in [2.24, 2.45) is 0 Å². The van der Waals surface area contributed by atoms with Crippen LogP contribution in [0.5, 0.6) is 0 Å². The Hall–Kier alpha value is -0.680. The van der Waals surface area contributed by atoms with Crippen molar-refractivity contribution in [3.8, 4) is 0 Å². The molecule has 0 bridgehead atoms. The van der Waals surface area contributed by atoms with Crippen molar-refractivity contribution in [3.05, 3.63) is 34.3 Å². The van der Waals surface area contributed by atoms with Gasteiger partial charge in [0.2, 0.25) is 0 Å². The van der Waals surface area contributed by atoms with Gasteiger partial charge in [-0.3, -0.25) is 0 Å². The van der Waals surface area contributed by atoms with E-state index >= 15 is 0 Å². The molecule has 0 amide bonds. The highest BCUT2D eigenvalue weighted by molar-refractivity contribution is 8.03. The van der Waals surface area contributed by atoms with Gasteiger partial charge in [-0.05, 0) is 24.3 Å². The summed E-state index contributed by atoms with van der Waals surface area (Å²) in [5.41, 5.74) is 0.162. The third-order valence-electron chi connectivity index (χ3n) is 2.30. The number of hydrogen-bond donors (Lipinski definition) is 1. The first-order chi connectivity index (χ1) is 7.99. The van der Waals surface area contributed by atoms with Crippen LogP contribution in [0.4, 0.5) is 13.2 Å². The summed E-state index contributed by atoms with van der Waals surface area (Å²) >= 11 is 1.22. The lowest BCUT2D eigenvalue weighted by Gasteiger charge is -2.14. The van der Waals surface area contributed by atoms with Gasteiger partial charge in [-0.15, -0.1) is 11.8 Å². The van der Waals surface area contributed by atoms with Crippen LogP contribution in [0, 0.1) is 0 Å². The molecule has 1 nitrogen and oxygen atoms in total. The van der Waals surface area contributed by atoms with E-state index in [4.69, 9.17) is 0 Å². The molecule has 1 rings (SSSR count). The lowest BCUT2D eigenvalue weighted by Crippen LogP contribution is -2.14. The fourth-order valence-electron chi connectivity index (χ4n) is 1.55. The molecule has 96 valence electrons. The molecule has 0 aromatic heterocycles. The molecule has 5 heteroatoms. The molecule has 17 heavy (non-hydrogen) atoms. The molecule has 1 N–H and O–H groups in total. The molecule has 0 aromatic carbocycles. The zero-order valence-corrected chi connectivity index (χ0v) is 10.7. The standard InChI is InChI=1S/C12H16F3NS/c1-3-11(17-4-2)10(12(13,14)15)7-9-5-6-16-8-9/h3,5,7,16H,4,6,8H2,1-2H3/b10-7+,11-3+. The molecule has 0 saturated carbocycles. The number of halogens is 3. The molecular weight excluding hydrogens is 247 g/mol. The van der Waals surface area contributed by atoms with Gasteiger partial charge in [0.25, 0.3) is 0 Å². The minimum Gasteiger partial charge on any atom is -0.309 e. The molecule has 0 radical (unpaired) electrons. The largest absolute Gasteiger partial charge is 0.417 e. The summed E-state index contributed by atoms with van der Waals surface area (Å²) in [6, 6.07) is 0. The topological polar surface area (TPSA) is 12.0 Å². The van der Waals surface area contributed by atoms with Gasteiger partial charge in [0.15, 0.2) is 0 Å². The van der Waals surface area contributed by atoms with Crippen LogP contribution in [0.3, 0.4) is 0 Å². The highest BCUT2D eigenvalue weighted by Crippen LogP contribution is 2.37. The maximum absolute atomic E-state index is 13.0. The van der Waals surface area contributed by atoms with Crippen LogP contribution in [0.15, 0.2) is 34.3 Å². The summed E-state index contributed by atoms with van der Waals surface area (Å²) in [5.74, 6) is 0.629. The van der Waals surface area contributed by atoms with E-state index in [0.717, 1.165) is 0 Å². The van der Waals surface area contributed by atoms with Gasteiger partial charge < -0.3 is 5.32 Å². The van der Waals surface area contributed by atoms with Gasteiger partial charge in [0, 0.05) is 18.0 Å². The highest BCUT2D eigenvalue weighted by atomic mass is 32.2. The van der Waals surface area contributed by atoms with Crippen molar-refractivity contribution >= 4 is 11.8 Å². The lowest BCUT2D eigenvalue weighted by atomic mass is 10.1. The maximum Gasteiger partial charge on any atom is 0.417 e. The second-order valence-electron chi connectivity index (χ2n) is 3.55. The Bertz CT molecular complexity index is 353. The van der Waals surface area contributed by atoms with Crippen LogP contribution in [0.25, 0.3) is 0 Å². The second kappa shape index (κ2) is 6.31. The van der Waals surface area contributed by atoms with Crippen molar-refractivity contribution in [1.82, 2.24) is 5.32 Å². The van der Waals surface area contributed by atoms with E-state index in [9.17, 15) is 13.2 Å². The van der Waals surface area contributed by atoms with E-state index in [2.05, 4.69) is 5.32 Å². The van der Waals surface area contributed by atoms with Gasteiger partial charge in [-0.2, -0.15) is 13.2 Å². The molecule has 1 heterocycles. The predicted molar refractivity (Wildman–Crippen MR) is 67.0 cm³/mol. The van der Waals surface area contributed by atoms with E-state index in [1.807, 2.05) is 6.92 Å². The average molecular weight is 263 g/mol.